The van der Waals surface area contributed by atoms with E-state index in [-0.39, 0.29) is 0 Å². The van der Waals surface area contributed by atoms with Gasteiger partial charge in [-0.2, -0.15) is 0 Å². The van der Waals surface area contributed by atoms with Crippen LogP contribution in [-0.2, 0) is 13.2 Å². The summed E-state index contributed by atoms with van der Waals surface area (Å²) in [6.45, 7) is 8.68. The number of imidazole rings is 1. The second-order valence-electron chi connectivity index (χ2n) is 6.56. The minimum absolute atomic E-state index is 0.318. The first kappa shape index (κ1) is 21.3. The van der Waals surface area contributed by atoms with E-state index in [0.717, 1.165) is 49.5 Å². The molecule has 0 radical (unpaired) electrons. The summed E-state index contributed by atoms with van der Waals surface area (Å²) in [5.41, 5.74) is 1.93. The van der Waals surface area contributed by atoms with Crippen molar-refractivity contribution in [3.8, 4) is 5.75 Å². The maximum atomic E-state index is 6.23. The Morgan fingerprint density at radius 3 is 2.43 bits per heavy atom. The van der Waals surface area contributed by atoms with Crippen LogP contribution >= 0.6 is 34.8 Å². The molecule has 3 aromatic rings. The normalized spacial score (nSPS) is 11.5. The highest BCUT2D eigenvalue weighted by Gasteiger charge is 2.13. The molecule has 0 spiro atoms. The minimum Gasteiger partial charge on any atom is -0.484 e. The predicted molar refractivity (Wildman–Crippen MR) is 118 cm³/mol. The van der Waals surface area contributed by atoms with Crippen molar-refractivity contribution < 1.29 is 4.74 Å². The number of rotatable bonds is 9. The number of fused-ring (bicyclic) bond motifs is 1. The highest BCUT2D eigenvalue weighted by molar-refractivity contribution is 6.35. The van der Waals surface area contributed by atoms with Gasteiger partial charge in [-0.25, -0.2) is 4.98 Å². The molecule has 1 aromatic heterocycles. The third-order valence-corrected chi connectivity index (χ3v) is 5.56. The summed E-state index contributed by atoms with van der Waals surface area (Å²) in [6.07, 6.45) is 1.02. The average molecular weight is 441 g/mol. The van der Waals surface area contributed by atoms with Crippen molar-refractivity contribution in [2.24, 2.45) is 0 Å². The van der Waals surface area contributed by atoms with E-state index in [9.17, 15) is 0 Å². The molecule has 0 saturated carbocycles. The topological polar surface area (TPSA) is 30.3 Å². The zero-order chi connectivity index (χ0) is 20.1. The van der Waals surface area contributed by atoms with Crippen molar-refractivity contribution in [3.05, 3.63) is 57.3 Å². The molecule has 0 aliphatic rings. The molecule has 7 heteroatoms. The van der Waals surface area contributed by atoms with Crippen LogP contribution in [0.5, 0.6) is 5.75 Å². The van der Waals surface area contributed by atoms with Crippen LogP contribution in [0.2, 0.25) is 15.1 Å². The molecule has 0 aliphatic carbocycles. The number of halogens is 3. The Morgan fingerprint density at radius 1 is 1.00 bits per heavy atom. The summed E-state index contributed by atoms with van der Waals surface area (Å²) in [6, 6.07) is 11.0. The van der Waals surface area contributed by atoms with Crippen molar-refractivity contribution >= 4 is 45.8 Å². The molecule has 0 fully saturated rings. The Balaban J connectivity index is 1.81. The van der Waals surface area contributed by atoms with Gasteiger partial charge < -0.3 is 14.2 Å². The molecule has 150 valence electrons. The second-order valence-corrected chi connectivity index (χ2v) is 7.84. The molecule has 4 nitrogen and oxygen atoms in total. The first-order valence-electron chi connectivity index (χ1n) is 9.46. The van der Waals surface area contributed by atoms with Gasteiger partial charge in [0.05, 0.1) is 16.1 Å². The van der Waals surface area contributed by atoms with Gasteiger partial charge in [-0.1, -0.05) is 48.7 Å². The number of aryl methyl sites for hydroxylation is 1. The predicted octanol–water partition coefficient (Wildman–Crippen LogP) is 6.31. The fraction of sp³-hybridized carbons (Fsp3) is 0.381. The molecule has 0 aliphatic heterocycles. The molecule has 0 bridgehead atoms. The summed E-state index contributed by atoms with van der Waals surface area (Å²) in [7, 11) is 0. The van der Waals surface area contributed by atoms with E-state index in [1.807, 2.05) is 18.2 Å². The van der Waals surface area contributed by atoms with Crippen molar-refractivity contribution in [1.82, 2.24) is 14.5 Å². The Labute approximate surface area is 181 Å². The first-order valence-corrected chi connectivity index (χ1v) is 10.6. The second kappa shape index (κ2) is 9.84. The maximum absolute atomic E-state index is 6.23. The number of aromatic nitrogens is 2. The molecular weight excluding hydrogens is 417 g/mol. The van der Waals surface area contributed by atoms with Crippen molar-refractivity contribution in [1.29, 1.82) is 0 Å². The summed E-state index contributed by atoms with van der Waals surface area (Å²) in [4.78, 5) is 7.16. The zero-order valence-electron chi connectivity index (χ0n) is 16.1. The number of nitrogens with zero attached hydrogens (tertiary/aromatic N) is 3. The molecule has 2 aromatic carbocycles. The maximum Gasteiger partial charge on any atom is 0.148 e. The van der Waals surface area contributed by atoms with Crippen molar-refractivity contribution in [3.63, 3.8) is 0 Å². The number of ether oxygens (including phenoxy) is 1. The lowest BCUT2D eigenvalue weighted by molar-refractivity contribution is 0.279. The Hall–Kier alpha value is -1.46. The SMILES string of the molecule is CCN(CC)CCCn1c(COc2ccc(Cl)cc2Cl)nc2ccc(Cl)cc21. The fourth-order valence-corrected chi connectivity index (χ4v) is 3.86. The Kier molecular flexibility index (Phi) is 7.47. The number of hydrogen-bond donors (Lipinski definition) is 0. The lowest BCUT2D eigenvalue weighted by Gasteiger charge is -2.18. The number of benzene rings is 2. The number of hydrogen-bond acceptors (Lipinski definition) is 3. The summed E-state index contributed by atoms with van der Waals surface area (Å²) < 4.78 is 8.12. The molecular formula is C21H24Cl3N3O. The fourth-order valence-electron chi connectivity index (χ4n) is 3.23. The van der Waals surface area contributed by atoms with Gasteiger partial charge in [-0.15, -0.1) is 0 Å². The standard InChI is InChI=1S/C21H24Cl3N3O/c1-3-26(4-2)10-5-11-27-19-13-16(23)6-8-18(19)25-21(27)14-28-20-9-7-15(22)12-17(20)24/h6-9,12-13H,3-5,10-11,14H2,1-2H3. The monoisotopic (exact) mass is 439 g/mol. The van der Waals surface area contributed by atoms with Gasteiger partial charge in [-0.05, 0) is 62.5 Å². The highest BCUT2D eigenvalue weighted by Crippen LogP contribution is 2.29. The van der Waals surface area contributed by atoms with E-state index in [0.29, 0.717) is 27.4 Å². The molecule has 0 N–H and O–H groups in total. The van der Waals surface area contributed by atoms with E-state index in [1.165, 1.54) is 0 Å². The Morgan fingerprint density at radius 2 is 1.71 bits per heavy atom. The lowest BCUT2D eigenvalue weighted by atomic mass is 10.3. The molecule has 0 saturated heterocycles. The van der Waals surface area contributed by atoms with E-state index in [1.54, 1.807) is 18.2 Å². The van der Waals surface area contributed by atoms with E-state index in [4.69, 9.17) is 44.5 Å². The zero-order valence-corrected chi connectivity index (χ0v) is 18.4. The first-order chi connectivity index (χ1) is 13.5. The third-order valence-electron chi connectivity index (χ3n) is 4.79. The van der Waals surface area contributed by atoms with Crippen molar-refractivity contribution in [2.45, 2.75) is 33.4 Å². The van der Waals surface area contributed by atoms with Gasteiger partial charge >= 0.3 is 0 Å². The van der Waals surface area contributed by atoms with Crippen LogP contribution < -0.4 is 4.74 Å². The van der Waals surface area contributed by atoms with Crippen LogP contribution in [-0.4, -0.2) is 34.1 Å². The summed E-state index contributed by atoms with van der Waals surface area (Å²) in [5.74, 6) is 1.44. The van der Waals surface area contributed by atoms with Gasteiger partial charge in [-0.3, -0.25) is 0 Å². The molecule has 0 unspecified atom stereocenters. The van der Waals surface area contributed by atoms with Gasteiger partial charge in [0.25, 0.3) is 0 Å². The average Bonchev–Trinajstić information content (AvgIpc) is 3.01. The third kappa shape index (κ3) is 5.12. The molecule has 0 amide bonds. The molecule has 0 atom stereocenters. The van der Waals surface area contributed by atoms with Crippen LogP contribution in [0, 0.1) is 0 Å². The summed E-state index contributed by atoms with van der Waals surface area (Å²) in [5, 5.41) is 1.76. The van der Waals surface area contributed by atoms with Crippen LogP contribution in [0.25, 0.3) is 11.0 Å². The van der Waals surface area contributed by atoms with Crippen LogP contribution in [0.4, 0.5) is 0 Å². The van der Waals surface area contributed by atoms with Crippen LogP contribution in [0.3, 0.4) is 0 Å². The van der Waals surface area contributed by atoms with Crippen molar-refractivity contribution in [2.75, 3.05) is 19.6 Å². The smallest absolute Gasteiger partial charge is 0.148 e. The van der Waals surface area contributed by atoms with Gasteiger partial charge in [0, 0.05) is 16.6 Å². The van der Waals surface area contributed by atoms with Gasteiger partial charge in [0.1, 0.15) is 18.2 Å². The molecule has 1 heterocycles. The van der Waals surface area contributed by atoms with Crippen LogP contribution in [0.15, 0.2) is 36.4 Å². The van der Waals surface area contributed by atoms with E-state index < -0.39 is 0 Å². The summed E-state index contributed by atoms with van der Waals surface area (Å²) >= 11 is 18.4. The lowest BCUT2D eigenvalue weighted by Crippen LogP contribution is -2.25. The van der Waals surface area contributed by atoms with Gasteiger partial charge in [0.2, 0.25) is 0 Å². The van der Waals surface area contributed by atoms with E-state index in [2.05, 4.69) is 23.3 Å². The highest BCUT2D eigenvalue weighted by atomic mass is 35.5. The quantitative estimate of drug-likeness (QED) is 0.391. The molecule has 28 heavy (non-hydrogen) atoms. The largest absolute Gasteiger partial charge is 0.484 e. The van der Waals surface area contributed by atoms with E-state index >= 15 is 0 Å². The molecule has 3 rings (SSSR count). The van der Waals surface area contributed by atoms with Crippen LogP contribution in [0.1, 0.15) is 26.1 Å². The van der Waals surface area contributed by atoms with Gasteiger partial charge in [0.15, 0.2) is 0 Å². The minimum atomic E-state index is 0.318. The Bertz CT molecular complexity index is 938.